The van der Waals surface area contributed by atoms with E-state index in [1.54, 1.807) is 14.0 Å². The maximum absolute atomic E-state index is 10.9. The molecule has 0 saturated carbocycles. The predicted molar refractivity (Wildman–Crippen MR) is 47.2 cm³/mol. The minimum absolute atomic E-state index is 0.356. The number of alkyl halides is 1. The summed E-state index contributed by atoms with van der Waals surface area (Å²) in [4.78, 5) is 10.9. The summed E-state index contributed by atoms with van der Waals surface area (Å²) in [5, 5.41) is -0.687. The van der Waals surface area contributed by atoms with E-state index in [2.05, 4.69) is 20.7 Å². The van der Waals surface area contributed by atoms with Crippen LogP contribution in [0.15, 0.2) is 0 Å². The number of halogens is 1. The maximum Gasteiger partial charge on any atom is 0.346 e. The first-order valence-electron chi connectivity index (χ1n) is 3.63. The lowest BCUT2D eigenvalue weighted by Crippen LogP contribution is -2.22. The number of methoxy groups -OCH3 is 1. The minimum Gasteiger partial charge on any atom is -0.463 e. The first-order valence-corrected chi connectivity index (χ1v) is 4.55. The zero-order valence-corrected chi connectivity index (χ0v) is 8.80. The van der Waals surface area contributed by atoms with Crippen LogP contribution in [-0.2, 0) is 19.0 Å². The number of hydrogen-bond donors (Lipinski definition) is 0. The van der Waals surface area contributed by atoms with E-state index in [1.807, 2.05) is 0 Å². The summed E-state index contributed by atoms with van der Waals surface area (Å²) in [5.41, 5.74) is 0. The van der Waals surface area contributed by atoms with Gasteiger partial charge in [0.15, 0.2) is 0 Å². The van der Waals surface area contributed by atoms with Crippen LogP contribution in [0.4, 0.5) is 0 Å². The molecule has 0 fully saturated rings. The molecule has 0 aliphatic carbocycles. The molecule has 0 spiro atoms. The van der Waals surface area contributed by atoms with Crippen LogP contribution in [0.5, 0.6) is 0 Å². The van der Waals surface area contributed by atoms with Gasteiger partial charge in [-0.25, -0.2) is 4.79 Å². The molecule has 0 aliphatic heterocycles. The van der Waals surface area contributed by atoms with Crippen molar-refractivity contribution < 1.29 is 19.0 Å². The lowest BCUT2D eigenvalue weighted by Gasteiger charge is -2.09. The Hall–Kier alpha value is -0.130. The van der Waals surface area contributed by atoms with Crippen molar-refractivity contribution in [1.29, 1.82) is 0 Å². The molecule has 0 amide bonds. The molecule has 0 aliphatic rings. The van der Waals surface area contributed by atoms with Crippen LogP contribution in [-0.4, -0.2) is 37.9 Å². The summed E-state index contributed by atoms with van der Waals surface area (Å²) in [6, 6.07) is 0. The highest BCUT2D eigenvalue weighted by atomic mass is 79.9. The second-order valence-electron chi connectivity index (χ2n) is 1.93. The third-order valence-corrected chi connectivity index (χ3v) is 1.66. The van der Waals surface area contributed by atoms with Crippen LogP contribution in [0.1, 0.15) is 6.92 Å². The molecule has 0 aromatic rings. The number of carbonyl (C=O) groups is 1. The Morgan fingerprint density at radius 1 is 1.50 bits per heavy atom. The van der Waals surface area contributed by atoms with E-state index >= 15 is 0 Å². The molecule has 4 nitrogen and oxygen atoms in total. The van der Waals surface area contributed by atoms with Crippen LogP contribution in [0.2, 0.25) is 0 Å². The zero-order valence-electron chi connectivity index (χ0n) is 7.21. The fraction of sp³-hybridized carbons (Fsp3) is 0.857. The van der Waals surface area contributed by atoms with Gasteiger partial charge in [0.25, 0.3) is 0 Å². The smallest absolute Gasteiger partial charge is 0.346 e. The van der Waals surface area contributed by atoms with Crippen molar-refractivity contribution in [1.82, 2.24) is 0 Å². The van der Waals surface area contributed by atoms with Crippen molar-refractivity contribution in [2.24, 2.45) is 0 Å². The lowest BCUT2D eigenvalue weighted by molar-refractivity contribution is -0.150. The number of carbonyl (C=O) groups excluding carboxylic acids is 1. The van der Waals surface area contributed by atoms with E-state index < -0.39 is 11.0 Å². The van der Waals surface area contributed by atoms with Crippen molar-refractivity contribution in [2.75, 3.05) is 26.9 Å². The van der Waals surface area contributed by atoms with Gasteiger partial charge in [0.1, 0.15) is 0 Å². The molecule has 5 heteroatoms. The molecular formula is C7H13BrO4. The van der Waals surface area contributed by atoms with Crippen molar-refractivity contribution in [3.63, 3.8) is 0 Å². The molecule has 0 aromatic carbocycles. The molecule has 0 rings (SSSR count). The van der Waals surface area contributed by atoms with Crippen LogP contribution >= 0.6 is 15.9 Å². The molecule has 0 N–H and O–H groups in total. The normalized spacial score (nSPS) is 12.6. The van der Waals surface area contributed by atoms with Crippen LogP contribution in [0.25, 0.3) is 0 Å². The average Bonchev–Trinajstić information content (AvgIpc) is 2.05. The Balaban J connectivity index is 3.42. The second-order valence-corrected chi connectivity index (χ2v) is 2.76. The van der Waals surface area contributed by atoms with Gasteiger partial charge in [-0.2, -0.15) is 0 Å². The van der Waals surface area contributed by atoms with Crippen molar-refractivity contribution >= 4 is 21.9 Å². The SMILES string of the molecule is CCOC(=O)C(Br)OCCOC. The fourth-order valence-electron chi connectivity index (χ4n) is 0.511. The fourth-order valence-corrected chi connectivity index (χ4v) is 0.830. The van der Waals surface area contributed by atoms with Crippen LogP contribution in [0, 0.1) is 0 Å². The van der Waals surface area contributed by atoms with Crippen LogP contribution < -0.4 is 0 Å². The van der Waals surface area contributed by atoms with Crippen LogP contribution in [0.3, 0.4) is 0 Å². The summed E-state index contributed by atoms with van der Waals surface area (Å²) in [6.45, 7) is 2.92. The summed E-state index contributed by atoms with van der Waals surface area (Å²) < 4.78 is 14.4. The molecular weight excluding hydrogens is 228 g/mol. The molecule has 1 atom stereocenters. The minimum atomic E-state index is -0.687. The Labute approximate surface area is 80.3 Å². The van der Waals surface area contributed by atoms with E-state index in [9.17, 15) is 4.79 Å². The average molecular weight is 241 g/mol. The number of rotatable bonds is 6. The van der Waals surface area contributed by atoms with E-state index in [4.69, 9.17) is 9.47 Å². The second kappa shape index (κ2) is 7.52. The molecule has 12 heavy (non-hydrogen) atoms. The molecule has 0 saturated heterocycles. The largest absolute Gasteiger partial charge is 0.463 e. The third kappa shape index (κ3) is 5.51. The van der Waals surface area contributed by atoms with Gasteiger partial charge in [0.05, 0.1) is 19.8 Å². The van der Waals surface area contributed by atoms with E-state index in [-0.39, 0.29) is 0 Å². The van der Waals surface area contributed by atoms with Gasteiger partial charge in [-0.15, -0.1) is 0 Å². The monoisotopic (exact) mass is 240 g/mol. The van der Waals surface area contributed by atoms with Gasteiger partial charge < -0.3 is 14.2 Å². The van der Waals surface area contributed by atoms with Gasteiger partial charge in [-0.3, -0.25) is 0 Å². The molecule has 72 valence electrons. The van der Waals surface area contributed by atoms with E-state index in [0.29, 0.717) is 19.8 Å². The lowest BCUT2D eigenvalue weighted by atomic mass is 10.7. The number of ether oxygens (including phenoxy) is 3. The van der Waals surface area contributed by atoms with E-state index in [1.165, 1.54) is 0 Å². The topological polar surface area (TPSA) is 44.8 Å². The quantitative estimate of drug-likeness (QED) is 0.394. The van der Waals surface area contributed by atoms with E-state index in [0.717, 1.165) is 0 Å². The molecule has 0 radical (unpaired) electrons. The van der Waals surface area contributed by atoms with Crippen molar-refractivity contribution in [3.05, 3.63) is 0 Å². The summed E-state index contributed by atoms with van der Waals surface area (Å²) >= 11 is 3.02. The highest BCUT2D eigenvalue weighted by molar-refractivity contribution is 9.09. The first kappa shape index (κ1) is 11.9. The van der Waals surface area contributed by atoms with Gasteiger partial charge in [0, 0.05) is 7.11 Å². The summed E-state index contributed by atoms with van der Waals surface area (Å²) in [6.07, 6.45) is 0. The molecule has 0 heterocycles. The Bertz CT molecular complexity index is 129. The molecule has 0 bridgehead atoms. The Kier molecular flexibility index (Phi) is 7.43. The standard InChI is InChI=1S/C7H13BrO4/c1-3-11-7(9)6(8)12-5-4-10-2/h6H,3-5H2,1-2H3. The highest BCUT2D eigenvalue weighted by Gasteiger charge is 2.15. The van der Waals surface area contributed by atoms with Gasteiger partial charge in [0.2, 0.25) is 5.01 Å². The highest BCUT2D eigenvalue weighted by Crippen LogP contribution is 2.03. The first-order chi connectivity index (χ1) is 5.72. The number of hydrogen-bond acceptors (Lipinski definition) is 4. The summed E-state index contributed by atoms with van der Waals surface area (Å²) in [7, 11) is 1.57. The number of esters is 1. The Morgan fingerprint density at radius 3 is 2.67 bits per heavy atom. The maximum atomic E-state index is 10.9. The third-order valence-electron chi connectivity index (χ3n) is 1.02. The van der Waals surface area contributed by atoms with Gasteiger partial charge >= 0.3 is 5.97 Å². The zero-order chi connectivity index (χ0) is 9.40. The van der Waals surface area contributed by atoms with Gasteiger partial charge in [-0.05, 0) is 22.9 Å². The predicted octanol–water partition coefficient (Wildman–Crippen LogP) is 0.933. The Morgan fingerprint density at radius 2 is 2.17 bits per heavy atom. The molecule has 1 unspecified atom stereocenters. The van der Waals surface area contributed by atoms with Crippen molar-refractivity contribution in [2.45, 2.75) is 11.9 Å². The van der Waals surface area contributed by atoms with Gasteiger partial charge in [-0.1, -0.05) is 0 Å². The van der Waals surface area contributed by atoms with Crippen molar-refractivity contribution in [3.8, 4) is 0 Å². The molecule has 0 aromatic heterocycles. The summed E-state index contributed by atoms with van der Waals surface area (Å²) in [5.74, 6) is -0.409.